The number of pyridine rings is 1. The van der Waals surface area contributed by atoms with Gasteiger partial charge in [0.15, 0.2) is 0 Å². The van der Waals surface area contributed by atoms with E-state index in [0.29, 0.717) is 13.1 Å². The van der Waals surface area contributed by atoms with Gasteiger partial charge >= 0.3 is 0 Å². The first-order valence-electron chi connectivity index (χ1n) is 7.24. The number of likely N-dealkylation sites (N-methyl/N-ethyl adjacent to an activating group) is 1. The Balaban J connectivity index is 1.97. The van der Waals surface area contributed by atoms with Crippen molar-refractivity contribution in [3.05, 3.63) is 54.4 Å². The average Bonchev–Trinajstić information content (AvgIpc) is 2.52. The van der Waals surface area contributed by atoms with E-state index in [0.717, 1.165) is 12.2 Å². The number of benzene rings is 1. The minimum Gasteiger partial charge on any atom is -0.370 e. The first-order chi connectivity index (χ1) is 10.5. The molecule has 0 saturated heterocycles. The minimum atomic E-state index is -3.49. The lowest BCUT2D eigenvalue weighted by atomic mass is 10.2. The molecule has 0 aliphatic rings. The summed E-state index contributed by atoms with van der Waals surface area (Å²) < 4.78 is 26.9. The number of nitrogens with one attached hydrogen (secondary N) is 1. The Hall–Kier alpha value is -1.92. The van der Waals surface area contributed by atoms with Crippen LogP contribution in [0.5, 0.6) is 0 Å². The summed E-state index contributed by atoms with van der Waals surface area (Å²) in [5.41, 5.74) is 2.29. The Labute approximate surface area is 132 Å². The molecule has 1 aromatic carbocycles. The van der Waals surface area contributed by atoms with Gasteiger partial charge in [-0.15, -0.1) is 0 Å². The van der Waals surface area contributed by atoms with Crippen LogP contribution in [0.1, 0.15) is 12.5 Å². The van der Waals surface area contributed by atoms with Crippen LogP contribution in [0.25, 0.3) is 0 Å². The lowest BCUT2D eigenvalue weighted by molar-refractivity contribution is 0.580. The molecule has 0 saturated carbocycles. The van der Waals surface area contributed by atoms with Crippen LogP contribution in [0.3, 0.4) is 0 Å². The molecular formula is C16H21N3O2S. The number of aromatic nitrogens is 1. The van der Waals surface area contributed by atoms with Gasteiger partial charge in [-0.1, -0.05) is 12.1 Å². The fourth-order valence-electron chi connectivity index (χ4n) is 2.20. The number of aryl methyl sites for hydroxylation is 1. The molecule has 1 N–H and O–H groups in total. The van der Waals surface area contributed by atoms with E-state index in [9.17, 15) is 8.42 Å². The molecule has 0 atom stereocenters. The quantitative estimate of drug-likeness (QED) is 0.850. The van der Waals surface area contributed by atoms with Crippen LogP contribution in [-0.4, -0.2) is 33.0 Å². The average molecular weight is 319 g/mol. The fraction of sp³-hybridized carbons (Fsp3) is 0.312. The number of hydrogen-bond acceptors (Lipinski definition) is 4. The standard InChI is InChI=1S/C16H21N3O2S/c1-3-19(15-7-4-6-14(2)12-15)11-10-18-22(20,21)16-8-5-9-17-13-16/h4-9,12-13,18H,3,10-11H2,1-2H3. The van der Waals surface area contributed by atoms with E-state index >= 15 is 0 Å². The predicted molar refractivity (Wildman–Crippen MR) is 88.5 cm³/mol. The van der Waals surface area contributed by atoms with Gasteiger partial charge in [0.2, 0.25) is 10.0 Å². The molecule has 0 amide bonds. The van der Waals surface area contributed by atoms with E-state index in [2.05, 4.69) is 27.6 Å². The largest absolute Gasteiger partial charge is 0.370 e. The molecule has 2 rings (SSSR count). The van der Waals surface area contributed by atoms with Crippen molar-refractivity contribution in [1.82, 2.24) is 9.71 Å². The third kappa shape index (κ3) is 4.29. The zero-order valence-electron chi connectivity index (χ0n) is 12.9. The first kappa shape index (κ1) is 16.5. The second-order valence-electron chi connectivity index (χ2n) is 5.01. The van der Waals surface area contributed by atoms with Crippen molar-refractivity contribution in [2.24, 2.45) is 0 Å². The highest BCUT2D eigenvalue weighted by Crippen LogP contribution is 2.15. The van der Waals surface area contributed by atoms with Crippen LogP contribution in [-0.2, 0) is 10.0 Å². The molecule has 2 aromatic rings. The Morgan fingerprint density at radius 2 is 2.05 bits per heavy atom. The number of nitrogens with zero attached hydrogens (tertiary/aromatic N) is 2. The number of rotatable bonds is 7. The van der Waals surface area contributed by atoms with Crippen LogP contribution in [0.2, 0.25) is 0 Å². The fourth-order valence-corrected chi connectivity index (χ4v) is 3.18. The third-order valence-electron chi connectivity index (χ3n) is 3.37. The minimum absolute atomic E-state index is 0.189. The Bertz CT molecular complexity index is 702. The Kier molecular flexibility index (Phi) is 5.51. The van der Waals surface area contributed by atoms with Crippen molar-refractivity contribution in [2.75, 3.05) is 24.5 Å². The van der Waals surface area contributed by atoms with E-state index in [1.54, 1.807) is 12.3 Å². The van der Waals surface area contributed by atoms with Gasteiger partial charge in [-0.05, 0) is 43.7 Å². The molecule has 0 unspecified atom stereocenters. The molecule has 118 valence electrons. The summed E-state index contributed by atoms with van der Waals surface area (Å²) in [6.45, 7) is 5.87. The SMILES string of the molecule is CCN(CCNS(=O)(=O)c1cccnc1)c1cccc(C)c1. The van der Waals surface area contributed by atoms with Crippen molar-refractivity contribution in [3.63, 3.8) is 0 Å². The molecule has 0 aliphatic heterocycles. The molecule has 0 aliphatic carbocycles. The van der Waals surface area contributed by atoms with Gasteiger partial charge in [-0.25, -0.2) is 13.1 Å². The van der Waals surface area contributed by atoms with Gasteiger partial charge in [-0.3, -0.25) is 4.98 Å². The molecule has 0 fully saturated rings. The second kappa shape index (κ2) is 7.38. The summed E-state index contributed by atoms with van der Waals surface area (Å²) in [5.74, 6) is 0. The Morgan fingerprint density at radius 1 is 1.23 bits per heavy atom. The highest BCUT2D eigenvalue weighted by molar-refractivity contribution is 7.89. The van der Waals surface area contributed by atoms with Crippen molar-refractivity contribution < 1.29 is 8.42 Å². The van der Waals surface area contributed by atoms with E-state index in [1.807, 2.05) is 25.1 Å². The van der Waals surface area contributed by atoms with Crippen molar-refractivity contribution in [1.29, 1.82) is 0 Å². The monoisotopic (exact) mass is 319 g/mol. The lowest BCUT2D eigenvalue weighted by Gasteiger charge is -2.23. The summed E-state index contributed by atoms with van der Waals surface area (Å²) in [7, 11) is -3.49. The zero-order valence-corrected chi connectivity index (χ0v) is 13.7. The zero-order chi connectivity index (χ0) is 16.0. The van der Waals surface area contributed by atoms with Crippen LogP contribution < -0.4 is 9.62 Å². The van der Waals surface area contributed by atoms with E-state index in [4.69, 9.17) is 0 Å². The van der Waals surface area contributed by atoms with Gasteiger partial charge in [0, 0.05) is 37.7 Å². The molecule has 0 bridgehead atoms. The highest BCUT2D eigenvalue weighted by Gasteiger charge is 2.14. The van der Waals surface area contributed by atoms with Crippen molar-refractivity contribution in [2.45, 2.75) is 18.7 Å². The van der Waals surface area contributed by atoms with Gasteiger partial charge in [0.1, 0.15) is 4.90 Å². The molecular weight excluding hydrogens is 298 g/mol. The number of sulfonamides is 1. The first-order valence-corrected chi connectivity index (χ1v) is 8.72. The topological polar surface area (TPSA) is 62.3 Å². The molecule has 5 nitrogen and oxygen atoms in total. The number of anilines is 1. The van der Waals surface area contributed by atoms with Crippen LogP contribution in [0, 0.1) is 6.92 Å². The second-order valence-corrected chi connectivity index (χ2v) is 6.77. The molecule has 1 heterocycles. The van der Waals surface area contributed by atoms with Crippen LogP contribution >= 0.6 is 0 Å². The van der Waals surface area contributed by atoms with Crippen LogP contribution in [0.4, 0.5) is 5.69 Å². The van der Waals surface area contributed by atoms with E-state index in [-0.39, 0.29) is 4.90 Å². The highest BCUT2D eigenvalue weighted by atomic mass is 32.2. The summed E-state index contributed by atoms with van der Waals surface area (Å²) in [4.78, 5) is 6.16. The summed E-state index contributed by atoms with van der Waals surface area (Å²) in [6.07, 6.45) is 2.90. The maximum atomic E-state index is 12.1. The van der Waals surface area contributed by atoms with Crippen molar-refractivity contribution >= 4 is 15.7 Å². The Morgan fingerprint density at radius 3 is 2.68 bits per heavy atom. The number of hydrogen-bond donors (Lipinski definition) is 1. The molecule has 6 heteroatoms. The lowest BCUT2D eigenvalue weighted by Crippen LogP contribution is -2.35. The van der Waals surface area contributed by atoms with Crippen LogP contribution in [0.15, 0.2) is 53.7 Å². The van der Waals surface area contributed by atoms with Gasteiger partial charge in [-0.2, -0.15) is 0 Å². The molecule has 0 radical (unpaired) electrons. The molecule has 1 aromatic heterocycles. The summed E-state index contributed by atoms with van der Waals surface area (Å²) >= 11 is 0. The summed E-state index contributed by atoms with van der Waals surface area (Å²) in [5, 5.41) is 0. The third-order valence-corrected chi connectivity index (χ3v) is 4.81. The summed E-state index contributed by atoms with van der Waals surface area (Å²) in [6, 6.07) is 11.3. The van der Waals surface area contributed by atoms with E-state index < -0.39 is 10.0 Å². The maximum Gasteiger partial charge on any atom is 0.242 e. The normalized spacial score (nSPS) is 11.4. The van der Waals surface area contributed by atoms with Gasteiger partial charge < -0.3 is 4.90 Å². The predicted octanol–water partition coefficient (Wildman–Crippen LogP) is 2.19. The molecule has 0 spiro atoms. The van der Waals surface area contributed by atoms with E-state index in [1.165, 1.54) is 17.8 Å². The van der Waals surface area contributed by atoms with Crippen molar-refractivity contribution in [3.8, 4) is 0 Å². The smallest absolute Gasteiger partial charge is 0.242 e. The van der Waals surface area contributed by atoms with Gasteiger partial charge in [0.25, 0.3) is 0 Å². The molecule has 22 heavy (non-hydrogen) atoms. The maximum absolute atomic E-state index is 12.1. The van der Waals surface area contributed by atoms with Gasteiger partial charge in [0.05, 0.1) is 0 Å².